The third-order valence-corrected chi connectivity index (χ3v) is 6.59. The van der Waals surface area contributed by atoms with E-state index in [-0.39, 0.29) is 29.0 Å². The van der Waals surface area contributed by atoms with Crippen LogP contribution in [-0.4, -0.2) is 37.2 Å². The lowest BCUT2D eigenvalue weighted by Gasteiger charge is -2.24. The van der Waals surface area contributed by atoms with Gasteiger partial charge < -0.3 is 19.3 Å². The maximum absolute atomic E-state index is 13.7. The van der Waals surface area contributed by atoms with Crippen LogP contribution in [0.3, 0.4) is 0 Å². The second-order valence-electron chi connectivity index (χ2n) is 10.7. The van der Waals surface area contributed by atoms with Crippen molar-refractivity contribution in [2.45, 2.75) is 58.5 Å². The van der Waals surface area contributed by atoms with Gasteiger partial charge in [0, 0.05) is 16.7 Å². The van der Waals surface area contributed by atoms with Crippen LogP contribution < -0.4 is 5.62 Å². The number of carbonyl (C=O) groups is 2. The monoisotopic (exact) mass is 553 g/mol. The molecule has 210 valence electrons. The Balaban J connectivity index is 1.94. The molecule has 0 saturated heterocycles. The van der Waals surface area contributed by atoms with Crippen LogP contribution in [0.2, 0.25) is 0 Å². The van der Waals surface area contributed by atoms with Crippen molar-refractivity contribution in [3.8, 4) is 5.75 Å². The number of amides is 1. The van der Waals surface area contributed by atoms with Crippen molar-refractivity contribution in [1.29, 1.82) is 0 Å². The molecule has 0 saturated carbocycles. The summed E-state index contributed by atoms with van der Waals surface area (Å²) in [5.74, 6) is -2.92. The predicted octanol–water partition coefficient (Wildman–Crippen LogP) is 5.42. The molecule has 4 aromatic rings. The number of rotatable bonds is 6. The number of halogens is 3. The van der Waals surface area contributed by atoms with Gasteiger partial charge in [-0.1, -0.05) is 63.2 Å². The molecule has 10 heteroatoms. The molecule has 0 aliphatic rings. The molecule has 0 aliphatic heterocycles. The van der Waals surface area contributed by atoms with Crippen molar-refractivity contribution in [3.63, 3.8) is 0 Å². The van der Waals surface area contributed by atoms with Crippen molar-refractivity contribution in [2.24, 2.45) is 4.99 Å². The number of aromatic hydroxyl groups is 1. The van der Waals surface area contributed by atoms with Crippen LogP contribution in [0.4, 0.5) is 13.2 Å². The molecule has 2 N–H and O–H groups in total. The Morgan fingerprint density at radius 1 is 0.925 bits per heavy atom. The van der Waals surface area contributed by atoms with E-state index >= 15 is 0 Å². The van der Waals surface area contributed by atoms with E-state index in [1.807, 2.05) is 20.8 Å². The Kier molecular flexibility index (Phi) is 7.76. The van der Waals surface area contributed by atoms with Gasteiger partial charge in [0.15, 0.2) is 5.78 Å². The number of hydrogen-bond acceptors (Lipinski definition) is 4. The number of imidazole rings is 1. The van der Waals surface area contributed by atoms with Crippen LogP contribution in [0, 0.1) is 0 Å². The van der Waals surface area contributed by atoms with E-state index in [1.165, 1.54) is 28.2 Å². The summed E-state index contributed by atoms with van der Waals surface area (Å²) in [6.45, 7) is 6.64. The summed E-state index contributed by atoms with van der Waals surface area (Å²) in [6.07, 6.45) is -6.29. The van der Waals surface area contributed by atoms with Gasteiger partial charge in [-0.2, -0.15) is 18.2 Å². The Bertz CT molecular complexity index is 1640. The molecule has 0 fully saturated rings. The maximum atomic E-state index is 13.7. The average molecular weight is 554 g/mol. The van der Waals surface area contributed by atoms with E-state index in [2.05, 4.69) is 4.99 Å². The molecule has 1 amide bonds. The molecule has 3 aromatic carbocycles. The van der Waals surface area contributed by atoms with E-state index in [9.17, 15) is 33.0 Å². The molecular formula is C30H30F3N3O4. The van der Waals surface area contributed by atoms with Gasteiger partial charge in [-0.05, 0) is 42.2 Å². The fourth-order valence-electron chi connectivity index (χ4n) is 4.58. The summed E-state index contributed by atoms with van der Waals surface area (Å²) in [4.78, 5) is 29.2. The van der Waals surface area contributed by atoms with Gasteiger partial charge >= 0.3 is 12.1 Å². The van der Waals surface area contributed by atoms with Crippen molar-refractivity contribution < 1.29 is 33.0 Å². The van der Waals surface area contributed by atoms with Crippen molar-refractivity contribution in [3.05, 3.63) is 94.6 Å². The zero-order valence-corrected chi connectivity index (χ0v) is 22.5. The summed E-state index contributed by atoms with van der Waals surface area (Å²) >= 11 is 0. The second-order valence-corrected chi connectivity index (χ2v) is 10.7. The number of ketones is 1. The minimum atomic E-state index is -5.21. The van der Waals surface area contributed by atoms with Gasteiger partial charge in [0.05, 0.1) is 30.2 Å². The number of aliphatic hydroxyl groups is 1. The molecule has 7 nitrogen and oxygen atoms in total. The molecule has 4 rings (SSSR count). The topological polar surface area (TPSA) is 96.8 Å². The Morgan fingerprint density at radius 2 is 1.50 bits per heavy atom. The highest BCUT2D eigenvalue weighted by molar-refractivity contribution is 5.97. The number of benzene rings is 3. The maximum Gasteiger partial charge on any atom is 0.473 e. The third-order valence-electron chi connectivity index (χ3n) is 6.59. The first-order valence-corrected chi connectivity index (χ1v) is 12.6. The number of fused-ring (bicyclic) bond motifs is 1. The highest BCUT2D eigenvalue weighted by Crippen LogP contribution is 2.37. The van der Waals surface area contributed by atoms with Crippen LogP contribution in [0.5, 0.6) is 5.75 Å². The molecule has 1 heterocycles. The molecule has 1 aromatic heterocycles. The van der Waals surface area contributed by atoms with E-state index < -0.39 is 35.9 Å². The molecule has 0 spiro atoms. The third kappa shape index (κ3) is 5.86. The van der Waals surface area contributed by atoms with Gasteiger partial charge in [0.25, 0.3) is 0 Å². The summed E-state index contributed by atoms with van der Waals surface area (Å²) in [7, 11) is 0. The zero-order valence-electron chi connectivity index (χ0n) is 22.5. The standard InChI is InChI=1S/C30H30F3N3O4/c1-18(37)21-14-20(15-22(26(21)39)29(2,3)4)25(38)17-36-24-13-9-8-12-23(24)35(16-19-10-6-5-7-11-19)28(36)34-27(40)30(31,32)33/h5-15,18,37,39H,16-17H2,1-4H3. The minimum Gasteiger partial charge on any atom is -0.507 e. The number of carbonyl (C=O) groups excluding carboxylic acids is 2. The highest BCUT2D eigenvalue weighted by atomic mass is 19.4. The predicted molar refractivity (Wildman–Crippen MR) is 144 cm³/mol. The van der Waals surface area contributed by atoms with Crippen LogP contribution in [-0.2, 0) is 23.3 Å². The summed E-state index contributed by atoms with van der Waals surface area (Å²) < 4.78 is 42.8. The quantitative estimate of drug-likeness (QED) is 0.312. The molecular weight excluding hydrogens is 523 g/mol. The lowest BCUT2D eigenvalue weighted by atomic mass is 9.83. The molecule has 1 atom stereocenters. The number of aliphatic hydroxyl groups excluding tert-OH is 1. The fourth-order valence-corrected chi connectivity index (χ4v) is 4.58. The largest absolute Gasteiger partial charge is 0.507 e. The smallest absolute Gasteiger partial charge is 0.473 e. The Morgan fingerprint density at radius 3 is 2.05 bits per heavy atom. The molecule has 1 unspecified atom stereocenters. The van der Waals surface area contributed by atoms with Crippen molar-refractivity contribution in [1.82, 2.24) is 9.13 Å². The fraction of sp³-hybridized carbons (Fsp3) is 0.300. The number of hydrogen-bond donors (Lipinski definition) is 2. The Hall–Kier alpha value is -4.18. The number of Topliss-reactive ketones (excluding diaryl/α,β-unsaturated/α-hetero) is 1. The van der Waals surface area contributed by atoms with Crippen molar-refractivity contribution >= 4 is 22.7 Å². The lowest BCUT2D eigenvalue weighted by Crippen LogP contribution is -2.33. The first kappa shape index (κ1) is 28.8. The average Bonchev–Trinajstić information content (AvgIpc) is 3.15. The van der Waals surface area contributed by atoms with E-state index in [4.69, 9.17) is 0 Å². The molecule has 40 heavy (non-hydrogen) atoms. The summed E-state index contributed by atoms with van der Waals surface area (Å²) in [5.41, 5.74) is 1.48. The Labute approximate surface area is 228 Å². The SMILES string of the molecule is CC(O)c1cc(C(=O)Cn2c(=NC(=O)C(F)(F)F)n(Cc3ccccc3)c3ccccc32)cc(C(C)(C)C)c1O. The van der Waals surface area contributed by atoms with Crippen molar-refractivity contribution in [2.75, 3.05) is 0 Å². The van der Waals surface area contributed by atoms with Gasteiger partial charge in [-0.3, -0.25) is 9.59 Å². The van der Waals surface area contributed by atoms with Crippen LogP contribution in [0.15, 0.2) is 71.7 Å². The van der Waals surface area contributed by atoms with E-state index in [0.717, 1.165) is 5.56 Å². The van der Waals surface area contributed by atoms with Gasteiger partial charge in [-0.25, -0.2) is 0 Å². The number of nitrogens with zero attached hydrogens (tertiary/aromatic N) is 3. The van der Waals surface area contributed by atoms with Crippen LogP contribution >= 0.6 is 0 Å². The number of alkyl halides is 3. The number of phenolic OH excluding ortho intramolecular Hbond substituents is 1. The number of para-hydroxylation sites is 2. The summed E-state index contributed by atoms with van der Waals surface area (Å²) in [5, 5.41) is 21.0. The van der Waals surface area contributed by atoms with Crippen LogP contribution in [0.1, 0.15) is 60.8 Å². The second kappa shape index (κ2) is 10.8. The molecule has 0 bridgehead atoms. The number of phenols is 1. The molecule has 0 aliphatic carbocycles. The lowest BCUT2D eigenvalue weighted by molar-refractivity contribution is -0.169. The van der Waals surface area contributed by atoms with Gasteiger partial charge in [-0.15, -0.1) is 0 Å². The zero-order chi connectivity index (χ0) is 29.4. The first-order chi connectivity index (χ1) is 18.7. The summed E-state index contributed by atoms with van der Waals surface area (Å²) in [6, 6.07) is 18.6. The van der Waals surface area contributed by atoms with Gasteiger partial charge in [0.2, 0.25) is 5.62 Å². The number of aromatic nitrogens is 2. The normalized spacial score (nSPS) is 13.6. The van der Waals surface area contributed by atoms with Crippen LogP contribution in [0.25, 0.3) is 11.0 Å². The van der Waals surface area contributed by atoms with Gasteiger partial charge in [0.1, 0.15) is 5.75 Å². The first-order valence-electron chi connectivity index (χ1n) is 12.6. The highest BCUT2D eigenvalue weighted by Gasteiger charge is 2.39. The minimum absolute atomic E-state index is 0.103. The van der Waals surface area contributed by atoms with E-state index in [1.54, 1.807) is 54.6 Å². The van der Waals surface area contributed by atoms with E-state index in [0.29, 0.717) is 16.6 Å². The molecule has 0 radical (unpaired) electrons.